The molecule has 0 aliphatic carbocycles. The number of fused-ring (bicyclic) bond motifs is 1. The Hall–Kier alpha value is -3.47. The molecule has 4 rings (SSSR count). The summed E-state index contributed by atoms with van der Waals surface area (Å²) >= 11 is 0. The Morgan fingerprint density at radius 3 is 2.83 bits per heavy atom. The first-order valence-electron chi connectivity index (χ1n) is 12.5. The smallest absolute Gasteiger partial charge is 0.303 e. The molecular weight excluding hydrogens is 454 g/mol. The van der Waals surface area contributed by atoms with Crippen LogP contribution in [0.2, 0.25) is 0 Å². The van der Waals surface area contributed by atoms with E-state index in [1.807, 2.05) is 42.5 Å². The highest BCUT2D eigenvalue weighted by Gasteiger charge is 2.29. The number of aliphatic hydroxyl groups is 1. The number of aromatic nitrogens is 2. The van der Waals surface area contributed by atoms with Gasteiger partial charge >= 0.3 is 5.97 Å². The Labute approximate surface area is 212 Å². The van der Waals surface area contributed by atoms with E-state index in [-0.39, 0.29) is 12.3 Å². The number of ether oxygens (including phenoxy) is 1. The molecule has 2 N–H and O–H groups in total. The molecule has 0 saturated carbocycles. The highest BCUT2D eigenvalue weighted by Crippen LogP contribution is 2.35. The van der Waals surface area contributed by atoms with Crippen molar-refractivity contribution < 1.29 is 19.7 Å². The van der Waals surface area contributed by atoms with Gasteiger partial charge in [0.15, 0.2) is 0 Å². The minimum atomic E-state index is -0.766. The zero-order valence-electron chi connectivity index (χ0n) is 20.6. The SMILES string of the molecule is COc1ccc2nccc([C@@H](O)CCC3CCN(CC#Cc4ccccn4)CC3CCC(=O)O)c2c1. The topological polar surface area (TPSA) is 95.8 Å². The maximum Gasteiger partial charge on any atom is 0.303 e. The van der Waals surface area contributed by atoms with E-state index < -0.39 is 12.1 Å². The molecule has 3 aromatic rings. The molecule has 0 bridgehead atoms. The van der Waals surface area contributed by atoms with Crippen LogP contribution in [0.5, 0.6) is 5.75 Å². The molecule has 1 aliphatic heterocycles. The number of aliphatic carboxylic acids is 1. The van der Waals surface area contributed by atoms with Crippen molar-refractivity contribution in [1.82, 2.24) is 14.9 Å². The molecule has 2 aromatic heterocycles. The predicted molar refractivity (Wildman–Crippen MR) is 139 cm³/mol. The lowest BCUT2D eigenvalue weighted by molar-refractivity contribution is -0.137. The second kappa shape index (κ2) is 12.5. The molecule has 1 saturated heterocycles. The molecule has 0 radical (unpaired) electrons. The van der Waals surface area contributed by atoms with Gasteiger partial charge in [-0.3, -0.25) is 14.7 Å². The summed E-state index contributed by atoms with van der Waals surface area (Å²) in [5, 5.41) is 21.3. The van der Waals surface area contributed by atoms with Crippen LogP contribution in [0.1, 0.15) is 49.5 Å². The molecule has 188 valence electrons. The van der Waals surface area contributed by atoms with E-state index in [9.17, 15) is 15.0 Å². The lowest BCUT2D eigenvalue weighted by Crippen LogP contribution is -2.41. The molecule has 1 aliphatic rings. The molecule has 0 spiro atoms. The van der Waals surface area contributed by atoms with Crippen molar-refractivity contribution in [3.05, 3.63) is 66.1 Å². The first-order valence-corrected chi connectivity index (χ1v) is 12.5. The van der Waals surface area contributed by atoms with Gasteiger partial charge in [-0.05, 0) is 91.9 Å². The number of carboxylic acid groups (broad SMARTS) is 1. The van der Waals surface area contributed by atoms with Crippen LogP contribution in [0.25, 0.3) is 10.9 Å². The van der Waals surface area contributed by atoms with Crippen molar-refractivity contribution in [2.75, 3.05) is 26.7 Å². The Morgan fingerprint density at radius 2 is 2.06 bits per heavy atom. The highest BCUT2D eigenvalue weighted by atomic mass is 16.5. The van der Waals surface area contributed by atoms with Gasteiger partial charge in [0.2, 0.25) is 0 Å². The van der Waals surface area contributed by atoms with Crippen LogP contribution in [0.15, 0.2) is 54.9 Å². The third kappa shape index (κ3) is 6.81. The van der Waals surface area contributed by atoms with E-state index in [1.165, 1.54) is 0 Å². The number of rotatable bonds is 9. The maximum absolute atomic E-state index is 11.3. The van der Waals surface area contributed by atoms with Gasteiger partial charge in [0, 0.05) is 30.7 Å². The lowest BCUT2D eigenvalue weighted by Gasteiger charge is -2.38. The third-order valence-electron chi connectivity index (χ3n) is 7.04. The van der Waals surface area contributed by atoms with E-state index >= 15 is 0 Å². The van der Waals surface area contributed by atoms with E-state index in [2.05, 4.69) is 26.7 Å². The number of benzene rings is 1. The molecule has 0 amide bonds. The molecule has 1 aromatic carbocycles. The molecule has 36 heavy (non-hydrogen) atoms. The van der Waals surface area contributed by atoms with Crippen LogP contribution >= 0.6 is 0 Å². The Morgan fingerprint density at radius 1 is 1.17 bits per heavy atom. The van der Waals surface area contributed by atoms with Gasteiger partial charge in [0.1, 0.15) is 11.4 Å². The average molecular weight is 488 g/mol. The number of piperidine rings is 1. The van der Waals surface area contributed by atoms with Crippen molar-refractivity contribution in [3.63, 3.8) is 0 Å². The summed E-state index contributed by atoms with van der Waals surface area (Å²) in [7, 11) is 1.63. The van der Waals surface area contributed by atoms with Gasteiger partial charge in [-0.2, -0.15) is 0 Å². The van der Waals surface area contributed by atoms with Crippen molar-refractivity contribution in [2.24, 2.45) is 11.8 Å². The predicted octanol–water partition coefficient (Wildman–Crippen LogP) is 4.31. The summed E-state index contributed by atoms with van der Waals surface area (Å²) in [6.07, 6.45) is 6.06. The molecular formula is C29H33N3O4. The zero-order chi connectivity index (χ0) is 25.3. The van der Waals surface area contributed by atoms with Crippen molar-refractivity contribution >= 4 is 16.9 Å². The average Bonchev–Trinajstić information content (AvgIpc) is 2.91. The maximum atomic E-state index is 11.3. The number of nitrogens with zero attached hydrogens (tertiary/aromatic N) is 3. The lowest BCUT2D eigenvalue weighted by atomic mass is 9.79. The van der Waals surface area contributed by atoms with Crippen molar-refractivity contribution in [3.8, 4) is 17.6 Å². The largest absolute Gasteiger partial charge is 0.497 e. The summed E-state index contributed by atoms with van der Waals surface area (Å²) in [5.41, 5.74) is 2.43. The van der Waals surface area contributed by atoms with Crippen LogP contribution in [-0.4, -0.2) is 57.8 Å². The van der Waals surface area contributed by atoms with Crippen LogP contribution in [0, 0.1) is 23.7 Å². The first kappa shape index (κ1) is 25.6. The number of likely N-dealkylation sites (tertiary alicyclic amines) is 1. The van der Waals surface area contributed by atoms with E-state index in [0.29, 0.717) is 25.3 Å². The number of pyridine rings is 2. The summed E-state index contributed by atoms with van der Waals surface area (Å²) in [5.74, 6) is 6.90. The fourth-order valence-corrected chi connectivity index (χ4v) is 5.09. The number of carboxylic acids is 1. The summed E-state index contributed by atoms with van der Waals surface area (Å²) in [6.45, 7) is 2.37. The fraction of sp³-hybridized carbons (Fsp3) is 0.414. The first-order chi connectivity index (χ1) is 17.5. The van der Waals surface area contributed by atoms with E-state index in [0.717, 1.165) is 53.8 Å². The molecule has 3 atom stereocenters. The van der Waals surface area contributed by atoms with Gasteiger partial charge in [0.25, 0.3) is 0 Å². The standard InChI is InChI=1S/C29H33N3O4/c1-36-24-9-10-27-26(19-24)25(13-16-31-27)28(33)11-7-21-14-18-32(20-22(21)8-12-29(34)35)17-4-6-23-5-2-3-15-30-23/h2-3,5,9-10,13,15-16,19,21-22,28,33H,7-8,11-12,14,17-18,20H2,1H3,(H,34,35)/t21?,22?,28-/m0/s1. The van der Waals surface area contributed by atoms with Crippen LogP contribution in [0.4, 0.5) is 0 Å². The normalized spacial score (nSPS) is 18.8. The Bertz CT molecular complexity index is 1220. The minimum absolute atomic E-state index is 0.159. The van der Waals surface area contributed by atoms with Crippen molar-refractivity contribution in [2.45, 2.75) is 38.2 Å². The molecule has 3 heterocycles. The number of hydrogen-bond donors (Lipinski definition) is 2. The van der Waals surface area contributed by atoms with Crippen LogP contribution in [-0.2, 0) is 4.79 Å². The van der Waals surface area contributed by atoms with Crippen molar-refractivity contribution in [1.29, 1.82) is 0 Å². The van der Waals surface area contributed by atoms with Gasteiger partial charge in [0.05, 0.1) is 25.3 Å². The zero-order valence-corrected chi connectivity index (χ0v) is 20.6. The summed E-state index contributed by atoms with van der Waals surface area (Å²) in [6, 6.07) is 13.2. The van der Waals surface area contributed by atoms with Gasteiger partial charge < -0.3 is 14.9 Å². The fourth-order valence-electron chi connectivity index (χ4n) is 5.09. The van der Waals surface area contributed by atoms with Crippen LogP contribution < -0.4 is 4.74 Å². The summed E-state index contributed by atoms with van der Waals surface area (Å²) < 4.78 is 5.36. The van der Waals surface area contributed by atoms with Gasteiger partial charge in [-0.1, -0.05) is 12.0 Å². The number of hydrogen-bond acceptors (Lipinski definition) is 6. The molecule has 1 fully saturated rings. The monoisotopic (exact) mass is 487 g/mol. The second-order valence-electron chi connectivity index (χ2n) is 9.37. The van der Waals surface area contributed by atoms with Crippen LogP contribution in [0.3, 0.4) is 0 Å². The minimum Gasteiger partial charge on any atom is -0.497 e. The number of methoxy groups -OCH3 is 1. The molecule has 2 unspecified atom stereocenters. The number of carbonyl (C=O) groups is 1. The van der Waals surface area contributed by atoms with Gasteiger partial charge in [-0.15, -0.1) is 0 Å². The Kier molecular flexibility index (Phi) is 8.88. The quantitative estimate of drug-likeness (QED) is 0.434. The second-order valence-corrected chi connectivity index (χ2v) is 9.37. The summed E-state index contributed by atoms with van der Waals surface area (Å²) in [4.78, 5) is 22.2. The Balaban J connectivity index is 1.39. The van der Waals surface area contributed by atoms with Gasteiger partial charge in [-0.25, -0.2) is 4.98 Å². The number of aliphatic hydroxyl groups excluding tert-OH is 1. The molecule has 7 nitrogen and oxygen atoms in total. The molecule has 7 heteroatoms. The van der Waals surface area contributed by atoms with E-state index in [1.54, 1.807) is 19.5 Å². The highest BCUT2D eigenvalue weighted by molar-refractivity contribution is 5.83. The third-order valence-corrected chi connectivity index (χ3v) is 7.04. The van der Waals surface area contributed by atoms with E-state index in [4.69, 9.17) is 4.74 Å².